The predicted octanol–water partition coefficient (Wildman–Crippen LogP) is 3.08. The molecule has 1 aliphatic rings. The molecular weight excluding hydrogens is 339 g/mol. The molecular formula is C17H20F3NO4. The molecule has 8 heteroatoms. The van der Waals surface area contributed by atoms with Gasteiger partial charge in [-0.25, -0.2) is 0 Å². The van der Waals surface area contributed by atoms with Gasteiger partial charge in [-0.3, -0.25) is 9.59 Å². The SMILES string of the molecule is O=C(O)CN(Cc1ccc(C(F)(F)F)cc1)C(=O)CCC1CCCO1. The summed E-state index contributed by atoms with van der Waals surface area (Å²) < 4.78 is 43.2. The molecule has 1 amide bonds. The predicted molar refractivity (Wildman–Crippen MR) is 82.7 cm³/mol. The van der Waals surface area contributed by atoms with E-state index in [0.717, 1.165) is 29.9 Å². The Kier molecular flexibility index (Phi) is 6.41. The number of aliphatic carboxylic acids is 1. The lowest BCUT2D eigenvalue weighted by molar-refractivity contribution is -0.145. The molecule has 1 aliphatic heterocycles. The van der Waals surface area contributed by atoms with Crippen LogP contribution in [0.5, 0.6) is 0 Å². The minimum absolute atomic E-state index is 0.0155. The van der Waals surface area contributed by atoms with E-state index in [1.165, 1.54) is 12.1 Å². The number of carboxylic acid groups (broad SMARTS) is 1. The quantitative estimate of drug-likeness (QED) is 0.812. The Bertz CT molecular complexity index is 595. The van der Waals surface area contributed by atoms with Crippen molar-refractivity contribution < 1.29 is 32.6 Å². The van der Waals surface area contributed by atoms with Crippen molar-refractivity contribution in [2.45, 2.75) is 44.5 Å². The van der Waals surface area contributed by atoms with Crippen LogP contribution in [-0.4, -0.2) is 41.1 Å². The first kappa shape index (κ1) is 19.2. The summed E-state index contributed by atoms with van der Waals surface area (Å²) in [7, 11) is 0. The van der Waals surface area contributed by atoms with Gasteiger partial charge in [0.1, 0.15) is 6.54 Å². The zero-order chi connectivity index (χ0) is 18.4. The lowest BCUT2D eigenvalue weighted by atomic mass is 10.1. The molecule has 138 valence electrons. The monoisotopic (exact) mass is 359 g/mol. The van der Waals surface area contributed by atoms with Gasteiger partial charge in [-0.15, -0.1) is 0 Å². The van der Waals surface area contributed by atoms with E-state index in [1.807, 2.05) is 0 Å². The summed E-state index contributed by atoms with van der Waals surface area (Å²) in [6.45, 7) is 0.128. The molecule has 1 fully saturated rings. The summed E-state index contributed by atoms with van der Waals surface area (Å²) in [6, 6.07) is 4.35. The molecule has 0 aliphatic carbocycles. The molecule has 1 aromatic rings. The van der Waals surface area contributed by atoms with Gasteiger partial charge in [0.25, 0.3) is 0 Å². The summed E-state index contributed by atoms with van der Waals surface area (Å²) in [5.74, 6) is -1.52. The third-order valence-corrected chi connectivity index (χ3v) is 4.04. The second kappa shape index (κ2) is 8.33. The van der Waals surface area contributed by atoms with E-state index in [0.29, 0.717) is 18.6 Å². The fourth-order valence-electron chi connectivity index (χ4n) is 2.73. The molecule has 25 heavy (non-hydrogen) atoms. The van der Waals surface area contributed by atoms with Gasteiger partial charge in [-0.05, 0) is 37.0 Å². The summed E-state index contributed by atoms with van der Waals surface area (Å²) in [6.07, 6.45) is -1.92. The maximum Gasteiger partial charge on any atom is 0.416 e. The molecule has 5 nitrogen and oxygen atoms in total. The minimum atomic E-state index is -4.43. The average molecular weight is 359 g/mol. The molecule has 1 saturated heterocycles. The zero-order valence-corrected chi connectivity index (χ0v) is 13.6. The van der Waals surface area contributed by atoms with Crippen molar-refractivity contribution in [1.82, 2.24) is 4.90 Å². The van der Waals surface area contributed by atoms with Crippen LogP contribution in [0, 0.1) is 0 Å². The van der Waals surface area contributed by atoms with Crippen LogP contribution in [-0.2, 0) is 27.0 Å². The molecule has 1 atom stereocenters. The van der Waals surface area contributed by atoms with E-state index in [9.17, 15) is 22.8 Å². The Morgan fingerprint density at radius 3 is 2.44 bits per heavy atom. The Morgan fingerprint density at radius 1 is 1.24 bits per heavy atom. The number of halogens is 3. The number of benzene rings is 1. The summed E-state index contributed by atoms with van der Waals surface area (Å²) in [5.41, 5.74) is -0.342. The Morgan fingerprint density at radius 2 is 1.92 bits per heavy atom. The Labute approximate surface area is 143 Å². The highest BCUT2D eigenvalue weighted by Gasteiger charge is 2.30. The number of ether oxygens (including phenoxy) is 1. The molecule has 1 aromatic carbocycles. The van der Waals surface area contributed by atoms with E-state index >= 15 is 0 Å². The van der Waals surface area contributed by atoms with E-state index < -0.39 is 24.3 Å². The van der Waals surface area contributed by atoms with E-state index in [1.54, 1.807) is 0 Å². The highest BCUT2D eigenvalue weighted by molar-refractivity contribution is 5.81. The smallest absolute Gasteiger partial charge is 0.416 e. The van der Waals surface area contributed by atoms with Crippen LogP contribution in [0.2, 0.25) is 0 Å². The van der Waals surface area contributed by atoms with Gasteiger partial charge in [-0.2, -0.15) is 13.2 Å². The average Bonchev–Trinajstić information content (AvgIpc) is 3.04. The highest BCUT2D eigenvalue weighted by atomic mass is 19.4. The van der Waals surface area contributed by atoms with E-state index in [4.69, 9.17) is 9.84 Å². The number of amides is 1. The molecule has 1 unspecified atom stereocenters. The number of carbonyl (C=O) groups excluding carboxylic acids is 1. The second-order valence-electron chi connectivity index (χ2n) is 6.01. The number of hydrogen-bond acceptors (Lipinski definition) is 3. The maximum absolute atomic E-state index is 12.6. The largest absolute Gasteiger partial charge is 0.480 e. The molecule has 0 aromatic heterocycles. The molecule has 0 radical (unpaired) electrons. The summed E-state index contributed by atoms with van der Waals surface area (Å²) in [4.78, 5) is 24.4. The van der Waals surface area contributed by atoms with Gasteiger partial charge in [0.05, 0.1) is 11.7 Å². The standard InChI is InChI=1S/C17H20F3NO4/c18-17(19,20)13-5-3-12(4-6-13)10-21(11-16(23)24)15(22)8-7-14-2-1-9-25-14/h3-6,14H,1-2,7-11H2,(H,23,24). The first-order valence-electron chi connectivity index (χ1n) is 8.03. The van der Waals surface area contributed by atoms with Gasteiger partial charge in [0.15, 0.2) is 0 Å². The number of rotatable bonds is 7. The van der Waals surface area contributed by atoms with Crippen molar-refractivity contribution in [3.8, 4) is 0 Å². The van der Waals surface area contributed by atoms with Crippen molar-refractivity contribution in [3.63, 3.8) is 0 Å². The molecule has 0 spiro atoms. The van der Waals surface area contributed by atoms with Crippen molar-refractivity contribution in [2.75, 3.05) is 13.2 Å². The molecule has 2 rings (SSSR count). The molecule has 0 saturated carbocycles. The molecule has 1 N–H and O–H groups in total. The minimum Gasteiger partial charge on any atom is -0.480 e. The lowest BCUT2D eigenvalue weighted by Gasteiger charge is -2.22. The number of carbonyl (C=O) groups is 2. The van der Waals surface area contributed by atoms with Crippen molar-refractivity contribution in [1.29, 1.82) is 0 Å². The van der Waals surface area contributed by atoms with Gasteiger partial charge < -0.3 is 14.7 Å². The third kappa shape index (κ3) is 6.04. The number of carboxylic acids is 1. The van der Waals surface area contributed by atoms with E-state index in [-0.39, 0.29) is 25.0 Å². The van der Waals surface area contributed by atoms with Crippen LogP contribution >= 0.6 is 0 Å². The van der Waals surface area contributed by atoms with Crippen LogP contribution in [0.1, 0.15) is 36.8 Å². The van der Waals surface area contributed by atoms with Crippen LogP contribution in [0.25, 0.3) is 0 Å². The molecule has 0 bridgehead atoms. The molecule has 1 heterocycles. The topological polar surface area (TPSA) is 66.8 Å². The van der Waals surface area contributed by atoms with Gasteiger partial charge in [-0.1, -0.05) is 12.1 Å². The van der Waals surface area contributed by atoms with Crippen LogP contribution < -0.4 is 0 Å². The fourth-order valence-corrected chi connectivity index (χ4v) is 2.73. The highest BCUT2D eigenvalue weighted by Crippen LogP contribution is 2.29. The van der Waals surface area contributed by atoms with Gasteiger partial charge in [0, 0.05) is 19.6 Å². The fraction of sp³-hybridized carbons (Fsp3) is 0.529. The zero-order valence-electron chi connectivity index (χ0n) is 13.6. The van der Waals surface area contributed by atoms with Crippen molar-refractivity contribution >= 4 is 11.9 Å². The van der Waals surface area contributed by atoms with Crippen molar-refractivity contribution in [2.24, 2.45) is 0 Å². The van der Waals surface area contributed by atoms with Gasteiger partial charge >= 0.3 is 12.1 Å². The number of alkyl halides is 3. The summed E-state index contributed by atoms with van der Waals surface area (Å²) in [5, 5.41) is 8.97. The first-order chi connectivity index (χ1) is 11.8. The first-order valence-corrected chi connectivity index (χ1v) is 8.03. The van der Waals surface area contributed by atoms with Gasteiger partial charge in [0.2, 0.25) is 5.91 Å². The number of nitrogens with zero attached hydrogens (tertiary/aromatic N) is 1. The number of hydrogen-bond donors (Lipinski definition) is 1. The van der Waals surface area contributed by atoms with E-state index in [2.05, 4.69) is 0 Å². The third-order valence-electron chi connectivity index (χ3n) is 4.04. The second-order valence-corrected chi connectivity index (χ2v) is 6.01. The van der Waals surface area contributed by atoms with Crippen LogP contribution in [0.3, 0.4) is 0 Å². The Hall–Kier alpha value is -2.09. The Balaban J connectivity index is 1.98. The lowest BCUT2D eigenvalue weighted by Crippen LogP contribution is -2.35. The van der Waals surface area contributed by atoms with Crippen molar-refractivity contribution in [3.05, 3.63) is 35.4 Å². The normalized spacial score (nSPS) is 17.5. The van der Waals surface area contributed by atoms with Crippen LogP contribution in [0.15, 0.2) is 24.3 Å². The summed E-state index contributed by atoms with van der Waals surface area (Å²) >= 11 is 0. The van der Waals surface area contributed by atoms with Crippen LogP contribution in [0.4, 0.5) is 13.2 Å². The maximum atomic E-state index is 12.6.